The van der Waals surface area contributed by atoms with E-state index in [1.165, 1.54) is 35.7 Å². The van der Waals surface area contributed by atoms with E-state index in [2.05, 4.69) is 10.3 Å². The second kappa shape index (κ2) is 5.07. The molecule has 0 unspecified atom stereocenters. The highest BCUT2D eigenvalue weighted by Gasteiger charge is 2.12. The number of carboxylic acid groups (broad SMARTS) is 1. The summed E-state index contributed by atoms with van der Waals surface area (Å²) in [6.07, 6.45) is 1.48. The maximum atomic E-state index is 11.9. The van der Waals surface area contributed by atoms with Crippen LogP contribution in [-0.4, -0.2) is 22.0 Å². The monoisotopic (exact) mass is 277 g/mol. The van der Waals surface area contributed by atoms with Gasteiger partial charge in [-0.1, -0.05) is 0 Å². The minimum Gasteiger partial charge on any atom is -0.478 e. The molecule has 6 nitrogen and oxygen atoms in total. The van der Waals surface area contributed by atoms with Crippen LogP contribution in [0.4, 0.5) is 11.4 Å². The van der Waals surface area contributed by atoms with Gasteiger partial charge in [-0.3, -0.25) is 4.79 Å². The summed E-state index contributed by atoms with van der Waals surface area (Å²) >= 11 is 1.27. The Labute approximate surface area is 112 Å². The second-order valence-electron chi connectivity index (χ2n) is 3.80. The largest absolute Gasteiger partial charge is 0.478 e. The number of thiazole rings is 1. The fraction of sp³-hybridized carbons (Fsp3) is 0.0833. The van der Waals surface area contributed by atoms with Crippen molar-refractivity contribution in [2.24, 2.45) is 0 Å². The molecule has 0 aliphatic rings. The van der Waals surface area contributed by atoms with Gasteiger partial charge in [-0.05, 0) is 25.1 Å². The maximum Gasteiger partial charge on any atom is 0.335 e. The normalized spacial score (nSPS) is 10.2. The predicted octanol–water partition coefficient (Wildman–Crippen LogP) is 1.98. The number of hydrogen-bond acceptors (Lipinski definition) is 5. The maximum absolute atomic E-state index is 11.9. The molecule has 0 aliphatic heterocycles. The molecule has 0 radical (unpaired) electrons. The molecule has 0 fully saturated rings. The topological polar surface area (TPSA) is 105 Å². The van der Waals surface area contributed by atoms with Crippen molar-refractivity contribution in [2.75, 3.05) is 11.1 Å². The first kappa shape index (κ1) is 13.0. The minimum absolute atomic E-state index is 0.0733. The fourth-order valence-corrected chi connectivity index (χ4v) is 2.13. The molecule has 1 aromatic carbocycles. The number of carbonyl (C=O) groups excluding carboxylic acids is 1. The minimum atomic E-state index is -1.07. The number of aromatic carboxylic acids is 1. The summed E-state index contributed by atoms with van der Waals surface area (Å²) in [6, 6.07) is 4.15. The van der Waals surface area contributed by atoms with Gasteiger partial charge in [0.05, 0.1) is 28.1 Å². The molecule has 19 heavy (non-hydrogen) atoms. The highest BCUT2D eigenvalue weighted by Crippen LogP contribution is 2.22. The SMILES string of the molecule is Cc1ncc(C(=O)Nc2ccc(C(=O)O)cc2N)s1. The van der Waals surface area contributed by atoms with Crippen LogP contribution in [0.1, 0.15) is 25.0 Å². The lowest BCUT2D eigenvalue weighted by molar-refractivity contribution is 0.0697. The van der Waals surface area contributed by atoms with Crippen molar-refractivity contribution in [1.29, 1.82) is 0 Å². The van der Waals surface area contributed by atoms with Crippen LogP contribution >= 0.6 is 11.3 Å². The molecular weight excluding hydrogens is 266 g/mol. The zero-order valence-electron chi connectivity index (χ0n) is 10.0. The molecule has 0 saturated heterocycles. The summed E-state index contributed by atoms with van der Waals surface area (Å²) in [5.41, 5.74) is 6.35. The van der Waals surface area contributed by atoms with E-state index >= 15 is 0 Å². The lowest BCUT2D eigenvalue weighted by Gasteiger charge is -2.07. The number of rotatable bonds is 3. The third-order valence-corrected chi connectivity index (χ3v) is 3.30. The number of aromatic nitrogens is 1. The number of aryl methyl sites for hydroxylation is 1. The Kier molecular flexibility index (Phi) is 3.48. The summed E-state index contributed by atoms with van der Waals surface area (Å²) < 4.78 is 0. The molecule has 2 rings (SSSR count). The summed E-state index contributed by atoms with van der Waals surface area (Å²) in [5.74, 6) is -1.39. The molecule has 0 spiro atoms. The number of carbonyl (C=O) groups is 2. The molecule has 4 N–H and O–H groups in total. The molecular formula is C12H11N3O3S. The zero-order chi connectivity index (χ0) is 14.0. The van der Waals surface area contributed by atoms with Crippen LogP contribution in [0.3, 0.4) is 0 Å². The molecule has 7 heteroatoms. The van der Waals surface area contributed by atoms with Crippen molar-refractivity contribution in [3.63, 3.8) is 0 Å². The van der Waals surface area contributed by atoms with Gasteiger partial charge in [0.25, 0.3) is 5.91 Å². The number of nitrogen functional groups attached to an aromatic ring is 1. The molecule has 1 heterocycles. The van der Waals surface area contributed by atoms with Gasteiger partial charge in [-0.15, -0.1) is 11.3 Å². The Balaban J connectivity index is 2.20. The van der Waals surface area contributed by atoms with Crippen molar-refractivity contribution in [3.05, 3.63) is 39.8 Å². The van der Waals surface area contributed by atoms with Gasteiger partial charge in [-0.25, -0.2) is 9.78 Å². The number of nitrogens with two attached hydrogens (primary N) is 1. The van der Waals surface area contributed by atoms with E-state index in [4.69, 9.17) is 10.8 Å². The van der Waals surface area contributed by atoms with Gasteiger partial charge in [0.15, 0.2) is 0 Å². The predicted molar refractivity (Wildman–Crippen MR) is 72.6 cm³/mol. The zero-order valence-corrected chi connectivity index (χ0v) is 10.8. The lowest BCUT2D eigenvalue weighted by atomic mass is 10.1. The highest BCUT2D eigenvalue weighted by atomic mass is 32.1. The van der Waals surface area contributed by atoms with Crippen molar-refractivity contribution < 1.29 is 14.7 Å². The Morgan fingerprint density at radius 2 is 2.16 bits per heavy atom. The molecule has 0 bridgehead atoms. The van der Waals surface area contributed by atoms with E-state index in [1.54, 1.807) is 6.92 Å². The Morgan fingerprint density at radius 1 is 1.42 bits per heavy atom. The lowest BCUT2D eigenvalue weighted by Crippen LogP contribution is -2.12. The standard InChI is InChI=1S/C12H11N3O3S/c1-6-14-5-10(19-6)11(16)15-9-3-2-7(12(17)18)4-8(9)13/h2-5H,13H2,1H3,(H,15,16)(H,17,18). The van der Waals surface area contributed by atoms with Crippen molar-refractivity contribution in [1.82, 2.24) is 4.98 Å². The van der Waals surface area contributed by atoms with E-state index in [9.17, 15) is 9.59 Å². The Bertz CT molecular complexity index is 651. The quantitative estimate of drug-likeness (QED) is 0.744. The average molecular weight is 277 g/mol. The third-order valence-electron chi connectivity index (χ3n) is 2.39. The van der Waals surface area contributed by atoms with Gasteiger partial charge in [-0.2, -0.15) is 0 Å². The molecule has 0 atom stereocenters. The molecule has 2 aromatic rings. The van der Waals surface area contributed by atoms with Crippen LogP contribution in [0.25, 0.3) is 0 Å². The summed E-state index contributed by atoms with van der Waals surface area (Å²) in [6.45, 7) is 1.80. The fourth-order valence-electron chi connectivity index (χ4n) is 1.46. The molecule has 98 valence electrons. The summed E-state index contributed by atoms with van der Waals surface area (Å²) in [7, 11) is 0. The molecule has 1 aromatic heterocycles. The first-order chi connectivity index (χ1) is 8.97. The Hall–Kier alpha value is -2.41. The molecule has 0 aliphatic carbocycles. The van der Waals surface area contributed by atoms with Gasteiger partial charge in [0.1, 0.15) is 4.88 Å². The number of hydrogen-bond donors (Lipinski definition) is 3. The van der Waals surface area contributed by atoms with E-state index in [0.717, 1.165) is 5.01 Å². The number of amides is 1. The number of anilines is 2. The van der Waals surface area contributed by atoms with E-state index in [0.29, 0.717) is 10.6 Å². The second-order valence-corrected chi connectivity index (χ2v) is 5.04. The van der Waals surface area contributed by atoms with E-state index in [-0.39, 0.29) is 17.2 Å². The number of nitrogens with zero attached hydrogens (tertiary/aromatic N) is 1. The van der Waals surface area contributed by atoms with Gasteiger partial charge in [0, 0.05) is 0 Å². The Morgan fingerprint density at radius 3 is 2.68 bits per heavy atom. The van der Waals surface area contributed by atoms with Crippen LogP contribution < -0.4 is 11.1 Å². The first-order valence-corrected chi connectivity index (χ1v) is 6.15. The van der Waals surface area contributed by atoms with Gasteiger partial charge >= 0.3 is 5.97 Å². The summed E-state index contributed by atoms with van der Waals surface area (Å²) in [4.78, 5) is 27.1. The smallest absolute Gasteiger partial charge is 0.335 e. The van der Waals surface area contributed by atoms with Crippen molar-refractivity contribution in [3.8, 4) is 0 Å². The number of carboxylic acids is 1. The first-order valence-electron chi connectivity index (χ1n) is 5.34. The number of nitrogens with one attached hydrogen (secondary N) is 1. The van der Waals surface area contributed by atoms with Crippen molar-refractivity contribution >= 4 is 34.6 Å². The van der Waals surface area contributed by atoms with Crippen LogP contribution in [-0.2, 0) is 0 Å². The average Bonchev–Trinajstić information content (AvgIpc) is 2.78. The highest BCUT2D eigenvalue weighted by molar-refractivity contribution is 7.13. The summed E-state index contributed by atoms with van der Waals surface area (Å²) in [5, 5.41) is 12.2. The third kappa shape index (κ3) is 2.89. The van der Waals surface area contributed by atoms with Crippen LogP contribution in [0.5, 0.6) is 0 Å². The molecule has 1 amide bonds. The van der Waals surface area contributed by atoms with Gasteiger partial charge in [0.2, 0.25) is 0 Å². The van der Waals surface area contributed by atoms with Crippen LogP contribution in [0.2, 0.25) is 0 Å². The van der Waals surface area contributed by atoms with E-state index < -0.39 is 5.97 Å². The molecule has 0 saturated carbocycles. The van der Waals surface area contributed by atoms with Crippen LogP contribution in [0.15, 0.2) is 24.4 Å². The van der Waals surface area contributed by atoms with E-state index in [1.807, 2.05) is 0 Å². The number of benzene rings is 1. The van der Waals surface area contributed by atoms with Gasteiger partial charge < -0.3 is 16.2 Å². The van der Waals surface area contributed by atoms with Crippen LogP contribution in [0, 0.1) is 6.92 Å². The van der Waals surface area contributed by atoms with Crippen molar-refractivity contribution in [2.45, 2.75) is 6.92 Å².